The number of carbonyl (C=O) groups excluding carboxylic acids is 1. The van der Waals surface area contributed by atoms with Crippen molar-refractivity contribution in [1.29, 1.82) is 0 Å². The van der Waals surface area contributed by atoms with Gasteiger partial charge < -0.3 is 15.2 Å². The summed E-state index contributed by atoms with van der Waals surface area (Å²) < 4.78 is 5.77. The number of likely N-dealkylation sites (tertiary alicyclic amines) is 1. The van der Waals surface area contributed by atoms with E-state index in [1.807, 2.05) is 42.5 Å². The first kappa shape index (κ1) is 20.4. The number of aliphatic hydroxyl groups is 1. The summed E-state index contributed by atoms with van der Waals surface area (Å²) in [5, 5.41) is 13.4. The van der Waals surface area contributed by atoms with Crippen LogP contribution >= 0.6 is 0 Å². The zero-order valence-electron chi connectivity index (χ0n) is 16.7. The fraction of sp³-hybridized carbons (Fsp3) is 0.435. The Morgan fingerprint density at radius 2 is 1.89 bits per heavy atom. The van der Waals surface area contributed by atoms with Crippen molar-refractivity contribution in [2.24, 2.45) is 0 Å². The van der Waals surface area contributed by atoms with Crippen LogP contribution in [0.2, 0.25) is 0 Å². The van der Waals surface area contributed by atoms with Crippen molar-refractivity contribution in [3.8, 4) is 5.75 Å². The number of rotatable bonds is 6. The maximum Gasteiger partial charge on any atom is 0.251 e. The van der Waals surface area contributed by atoms with Crippen molar-refractivity contribution in [2.75, 3.05) is 13.1 Å². The highest BCUT2D eigenvalue weighted by atomic mass is 16.5. The molecule has 0 aliphatic carbocycles. The predicted molar refractivity (Wildman–Crippen MR) is 110 cm³/mol. The van der Waals surface area contributed by atoms with Crippen molar-refractivity contribution in [3.63, 3.8) is 0 Å². The molecule has 0 spiro atoms. The van der Waals surface area contributed by atoms with Crippen molar-refractivity contribution in [1.82, 2.24) is 10.2 Å². The number of benzene rings is 2. The minimum Gasteiger partial charge on any atom is -0.489 e. The molecule has 0 unspecified atom stereocenters. The van der Waals surface area contributed by atoms with E-state index in [1.165, 1.54) is 0 Å². The normalized spacial score (nSPS) is 20.6. The van der Waals surface area contributed by atoms with E-state index in [1.54, 1.807) is 12.1 Å². The van der Waals surface area contributed by atoms with E-state index in [0.717, 1.165) is 24.3 Å². The Morgan fingerprint density at radius 3 is 2.57 bits per heavy atom. The molecular weight excluding hydrogens is 352 g/mol. The first-order valence-electron chi connectivity index (χ1n) is 10.0. The molecule has 0 bridgehead atoms. The highest BCUT2D eigenvalue weighted by molar-refractivity contribution is 5.94. The molecule has 3 rings (SSSR count). The summed E-state index contributed by atoms with van der Waals surface area (Å²) in [6.45, 7) is 6.40. The second-order valence-corrected chi connectivity index (χ2v) is 7.68. The van der Waals surface area contributed by atoms with Crippen LogP contribution in [0.1, 0.15) is 42.6 Å². The van der Waals surface area contributed by atoms with Crippen LogP contribution in [0.15, 0.2) is 54.6 Å². The number of hydrogen-bond donors (Lipinski definition) is 2. The van der Waals surface area contributed by atoms with Crippen LogP contribution in [0.3, 0.4) is 0 Å². The monoisotopic (exact) mass is 382 g/mol. The molecule has 1 saturated heterocycles. The first-order valence-corrected chi connectivity index (χ1v) is 10.0. The Hall–Kier alpha value is -2.37. The lowest BCUT2D eigenvalue weighted by Crippen LogP contribution is -2.50. The molecule has 0 aromatic heterocycles. The SMILES string of the molecule is CC(C)N1CCC[C@@H](O)[C@H](NC(=O)c2ccc(OCc3ccccc3)cc2)C1. The van der Waals surface area contributed by atoms with E-state index in [0.29, 0.717) is 31.2 Å². The van der Waals surface area contributed by atoms with Gasteiger partial charge in [-0.3, -0.25) is 9.69 Å². The summed E-state index contributed by atoms with van der Waals surface area (Å²) in [5.41, 5.74) is 1.67. The Kier molecular flexibility index (Phi) is 7.06. The summed E-state index contributed by atoms with van der Waals surface area (Å²) in [6, 6.07) is 17.2. The predicted octanol–water partition coefficient (Wildman–Crippen LogP) is 3.23. The lowest BCUT2D eigenvalue weighted by atomic mass is 10.1. The summed E-state index contributed by atoms with van der Waals surface area (Å²) in [7, 11) is 0. The lowest BCUT2D eigenvalue weighted by Gasteiger charge is -2.29. The number of aliphatic hydroxyl groups excluding tert-OH is 1. The maximum absolute atomic E-state index is 12.7. The van der Waals surface area contributed by atoms with Crippen LogP contribution in [0.25, 0.3) is 0 Å². The molecular formula is C23H30N2O3. The number of hydrogen-bond acceptors (Lipinski definition) is 4. The molecule has 1 amide bonds. The van der Waals surface area contributed by atoms with Gasteiger partial charge in [-0.15, -0.1) is 0 Å². The molecule has 1 fully saturated rings. The zero-order valence-corrected chi connectivity index (χ0v) is 16.7. The molecule has 150 valence electrons. The van der Waals surface area contributed by atoms with E-state index < -0.39 is 6.10 Å². The van der Waals surface area contributed by atoms with Gasteiger partial charge in [-0.1, -0.05) is 30.3 Å². The molecule has 28 heavy (non-hydrogen) atoms. The van der Waals surface area contributed by atoms with Gasteiger partial charge in [-0.2, -0.15) is 0 Å². The van der Waals surface area contributed by atoms with Crippen molar-refractivity contribution < 1.29 is 14.6 Å². The minimum absolute atomic E-state index is 0.163. The van der Waals surface area contributed by atoms with Gasteiger partial charge in [0.15, 0.2) is 0 Å². The molecule has 0 radical (unpaired) electrons. The maximum atomic E-state index is 12.7. The standard InChI is InChI=1S/C23H30N2O3/c1-17(2)25-14-6-9-22(26)21(15-25)24-23(27)19-10-12-20(13-11-19)28-16-18-7-4-3-5-8-18/h3-5,7-8,10-13,17,21-22,26H,6,9,14-16H2,1-2H3,(H,24,27)/t21-,22-/m1/s1. The van der Waals surface area contributed by atoms with E-state index in [9.17, 15) is 9.90 Å². The summed E-state index contributed by atoms with van der Waals surface area (Å²) in [4.78, 5) is 15.0. The number of ether oxygens (including phenoxy) is 1. The second-order valence-electron chi connectivity index (χ2n) is 7.68. The number of nitrogens with zero attached hydrogens (tertiary/aromatic N) is 1. The van der Waals surface area contributed by atoms with E-state index in [2.05, 4.69) is 24.1 Å². The third-order valence-electron chi connectivity index (χ3n) is 5.25. The molecule has 5 nitrogen and oxygen atoms in total. The van der Waals surface area contributed by atoms with Gasteiger partial charge >= 0.3 is 0 Å². The number of nitrogens with one attached hydrogen (secondary N) is 1. The first-order chi connectivity index (χ1) is 13.5. The Labute approximate surface area is 167 Å². The molecule has 0 saturated carbocycles. The van der Waals surface area contributed by atoms with Crippen molar-refractivity contribution >= 4 is 5.91 Å². The average molecular weight is 383 g/mol. The minimum atomic E-state index is -0.513. The number of carbonyl (C=O) groups is 1. The summed E-state index contributed by atoms with van der Waals surface area (Å²) >= 11 is 0. The van der Waals surface area contributed by atoms with Crippen LogP contribution in [0.5, 0.6) is 5.75 Å². The molecule has 2 N–H and O–H groups in total. The van der Waals surface area contributed by atoms with Crippen molar-refractivity contribution in [2.45, 2.75) is 51.5 Å². The van der Waals surface area contributed by atoms with Crippen LogP contribution in [0.4, 0.5) is 0 Å². The third kappa shape index (κ3) is 5.57. The molecule has 5 heteroatoms. The number of amides is 1. The van der Waals surface area contributed by atoms with Gasteiger partial charge in [0.2, 0.25) is 0 Å². The molecule has 1 aliphatic heterocycles. The fourth-order valence-electron chi connectivity index (χ4n) is 3.48. The molecule has 1 heterocycles. The van der Waals surface area contributed by atoms with Gasteiger partial charge in [0.05, 0.1) is 12.1 Å². The highest BCUT2D eigenvalue weighted by Gasteiger charge is 2.28. The van der Waals surface area contributed by atoms with Gasteiger partial charge in [0.25, 0.3) is 5.91 Å². The van der Waals surface area contributed by atoms with Gasteiger partial charge in [0.1, 0.15) is 12.4 Å². The largest absolute Gasteiger partial charge is 0.489 e. The van der Waals surface area contributed by atoms with Crippen LogP contribution in [-0.2, 0) is 6.61 Å². The van der Waals surface area contributed by atoms with Gasteiger partial charge in [-0.25, -0.2) is 0 Å². The lowest BCUT2D eigenvalue weighted by molar-refractivity contribution is 0.0786. The summed E-state index contributed by atoms with van der Waals surface area (Å²) in [6.07, 6.45) is 1.14. The van der Waals surface area contributed by atoms with Gasteiger partial charge in [-0.05, 0) is 63.1 Å². The van der Waals surface area contributed by atoms with Crippen LogP contribution < -0.4 is 10.1 Å². The van der Waals surface area contributed by atoms with Crippen molar-refractivity contribution in [3.05, 3.63) is 65.7 Å². The third-order valence-corrected chi connectivity index (χ3v) is 5.25. The van der Waals surface area contributed by atoms with E-state index in [4.69, 9.17) is 4.74 Å². The Morgan fingerprint density at radius 1 is 1.18 bits per heavy atom. The molecule has 2 aromatic rings. The van der Waals surface area contributed by atoms with Crippen LogP contribution in [-0.4, -0.2) is 47.2 Å². The smallest absolute Gasteiger partial charge is 0.251 e. The topological polar surface area (TPSA) is 61.8 Å². The molecule has 2 atom stereocenters. The Balaban J connectivity index is 1.57. The zero-order chi connectivity index (χ0) is 19.9. The van der Waals surface area contributed by atoms with E-state index >= 15 is 0 Å². The molecule has 1 aliphatic rings. The highest BCUT2D eigenvalue weighted by Crippen LogP contribution is 2.17. The van der Waals surface area contributed by atoms with Crippen LogP contribution in [0, 0.1) is 0 Å². The summed E-state index contributed by atoms with van der Waals surface area (Å²) in [5.74, 6) is 0.560. The average Bonchev–Trinajstić information content (AvgIpc) is 2.89. The van der Waals surface area contributed by atoms with Gasteiger partial charge in [0, 0.05) is 18.2 Å². The van der Waals surface area contributed by atoms with E-state index in [-0.39, 0.29) is 11.9 Å². The molecule has 2 aromatic carbocycles. The Bertz CT molecular complexity index is 746. The fourth-order valence-corrected chi connectivity index (χ4v) is 3.48. The second kappa shape index (κ2) is 9.71. The quantitative estimate of drug-likeness (QED) is 0.805.